The molecule has 0 atom stereocenters. The van der Waals surface area contributed by atoms with E-state index in [0.29, 0.717) is 19.7 Å². The van der Waals surface area contributed by atoms with Crippen LogP contribution in [0, 0.1) is 5.41 Å². The zero-order valence-corrected chi connectivity index (χ0v) is 13.3. The van der Waals surface area contributed by atoms with E-state index in [9.17, 15) is 4.79 Å². The fourth-order valence-electron chi connectivity index (χ4n) is 3.04. The Morgan fingerprint density at radius 3 is 2.76 bits per heavy atom. The van der Waals surface area contributed by atoms with Crippen molar-refractivity contribution in [3.8, 4) is 0 Å². The average molecular weight is 294 g/mol. The first-order chi connectivity index (χ1) is 10.1. The number of ether oxygens (including phenoxy) is 1. The van der Waals surface area contributed by atoms with Crippen molar-refractivity contribution in [2.24, 2.45) is 12.5 Å². The van der Waals surface area contributed by atoms with Crippen LogP contribution < -0.4 is 5.32 Å². The van der Waals surface area contributed by atoms with E-state index in [1.807, 2.05) is 31.3 Å². The lowest BCUT2D eigenvalue weighted by molar-refractivity contribution is -0.148. The molecule has 118 valence electrons. The van der Waals surface area contributed by atoms with Crippen LogP contribution in [0.1, 0.15) is 25.3 Å². The molecule has 1 aromatic heterocycles. The van der Waals surface area contributed by atoms with Crippen LogP contribution in [0.15, 0.2) is 12.4 Å². The predicted octanol–water partition coefficient (Wildman–Crippen LogP) is 0.785. The van der Waals surface area contributed by atoms with Gasteiger partial charge in [-0.05, 0) is 32.9 Å². The van der Waals surface area contributed by atoms with Gasteiger partial charge in [-0.1, -0.05) is 0 Å². The fourth-order valence-corrected chi connectivity index (χ4v) is 3.04. The van der Waals surface area contributed by atoms with E-state index >= 15 is 0 Å². The van der Waals surface area contributed by atoms with Gasteiger partial charge in [0.2, 0.25) is 5.91 Å². The molecule has 0 aliphatic carbocycles. The second-order valence-corrected chi connectivity index (χ2v) is 5.80. The molecule has 1 amide bonds. The number of methoxy groups -OCH3 is 1. The van der Waals surface area contributed by atoms with Gasteiger partial charge in [0, 0.05) is 39.0 Å². The van der Waals surface area contributed by atoms with Crippen LogP contribution in [0.2, 0.25) is 0 Å². The Kier molecular flexibility index (Phi) is 5.36. The van der Waals surface area contributed by atoms with Gasteiger partial charge >= 0.3 is 0 Å². The minimum atomic E-state index is -0.377. The lowest BCUT2D eigenvalue weighted by Crippen LogP contribution is -2.51. The number of hydrogen-bond acceptors (Lipinski definition) is 4. The van der Waals surface area contributed by atoms with Gasteiger partial charge in [-0.3, -0.25) is 9.48 Å². The van der Waals surface area contributed by atoms with Crippen molar-refractivity contribution in [1.29, 1.82) is 0 Å². The summed E-state index contributed by atoms with van der Waals surface area (Å²) in [7, 11) is 3.56. The minimum absolute atomic E-state index is 0.206. The number of amides is 1. The van der Waals surface area contributed by atoms with E-state index in [1.54, 1.807) is 11.8 Å². The van der Waals surface area contributed by atoms with Gasteiger partial charge in [-0.25, -0.2) is 0 Å². The molecule has 0 aromatic carbocycles. The highest BCUT2D eigenvalue weighted by atomic mass is 16.5. The third-order valence-electron chi connectivity index (χ3n) is 4.24. The Hall–Kier alpha value is -1.40. The summed E-state index contributed by atoms with van der Waals surface area (Å²) < 4.78 is 7.13. The summed E-state index contributed by atoms with van der Waals surface area (Å²) in [6.45, 7) is 5.58. The molecule has 1 aliphatic rings. The molecule has 1 aliphatic heterocycles. The Bertz CT molecular complexity index is 460. The first kappa shape index (κ1) is 16.0. The van der Waals surface area contributed by atoms with Crippen LogP contribution >= 0.6 is 0 Å². The fraction of sp³-hybridized carbons (Fsp3) is 0.733. The van der Waals surface area contributed by atoms with Crippen molar-refractivity contribution in [1.82, 2.24) is 20.0 Å². The molecule has 0 saturated carbocycles. The van der Waals surface area contributed by atoms with Crippen LogP contribution in [0.4, 0.5) is 0 Å². The lowest BCUT2D eigenvalue weighted by Gasteiger charge is -2.39. The topological polar surface area (TPSA) is 59.4 Å². The smallest absolute Gasteiger partial charge is 0.231 e. The maximum atomic E-state index is 13.0. The number of rotatable bonds is 6. The summed E-state index contributed by atoms with van der Waals surface area (Å²) >= 11 is 0. The number of nitrogens with one attached hydrogen (secondary N) is 1. The maximum Gasteiger partial charge on any atom is 0.231 e. The number of piperidine rings is 1. The van der Waals surface area contributed by atoms with Crippen LogP contribution in [-0.2, 0) is 23.1 Å². The standard InChI is InChI=1S/C15H26N4O2/c1-4-19(11-13-9-17-18(2)10-13)14(20)15(12-21-3)5-7-16-8-6-15/h9-10,16H,4-8,11-12H2,1-3H3. The molecule has 0 radical (unpaired) electrons. The van der Waals surface area contributed by atoms with Gasteiger partial charge in [-0.2, -0.15) is 5.10 Å². The molecule has 0 bridgehead atoms. The van der Waals surface area contributed by atoms with Gasteiger partial charge in [-0.15, -0.1) is 0 Å². The lowest BCUT2D eigenvalue weighted by atomic mass is 9.78. The second kappa shape index (κ2) is 7.04. The molecule has 1 fully saturated rings. The van der Waals surface area contributed by atoms with Gasteiger partial charge in [0.1, 0.15) is 0 Å². The summed E-state index contributed by atoms with van der Waals surface area (Å²) in [6.07, 6.45) is 5.45. The van der Waals surface area contributed by atoms with Crippen molar-refractivity contribution in [2.75, 3.05) is 33.4 Å². The van der Waals surface area contributed by atoms with Crippen LogP contribution in [0.5, 0.6) is 0 Å². The van der Waals surface area contributed by atoms with Crippen molar-refractivity contribution >= 4 is 5.91 Å². The van der Waals surface area contributed by atoms with Gasteiger partial charge in [0.25, 0.3) is 0 Å². The monoisotopic (exact) mass is 294 g/mol. The molecule has 1 saturated heterocycles. The van der Waals surface area contributed by atoms with E-state index in [-0.39, 0.29) is 11.3 Å². The molecule has 1 aromatic rings. The average Bonchev–Trinajstić information content (AvgIpc) is 2.90. The van der Waals surface area contributed by atoms with E-state index in [1.165, 1.54) is 0 Å². The molecule has 2 heterocycles. The summed E-state index contributed by atoms with van der Waals surface area (Å²) in [5, 5.41) is 7.50. The molecule has 1 N–H and O–H groups in total. The largest absolute Gasteiger partial charge is 0.384 e. The maximum absolute atomic E-state index is 13.0. The van der Waals surface area contributed by atoms with E-state index < -0.39 is 0 Å². The van der Waals surface area contributed by atoms with Crippen molar-refractivity contribution in [2.45, 2.75) is 26.3 Å². The van der Waals surface area contributed by atoms with Gasteiger partial charge < -0.3 is 15.0 Å². The minimum Gasteiger partial charge on any atom is -0.384 e. The molecular formula is C15H26N4O2. The molecule has 6 nitrogen and oxygen atoms in total. The quantitative estimate of drug-likeness (QED) is 0.842. The number of aromatic nitrogens is 2. The molecule has 0 spiro atoms. The van der Waals surface area contributed by atoms with Crippen molar-refractivity contribution in [3.05, 3.63) is 18.0 Å². The van der Waals surface area contributed by atoms with Gasteiger partial charge in [0.05, 0.1) is 18.2 Å². The van der Waals surface area contributed by atoms with Gasteiger partial charge in [0.15, 0.2) is 0 Å². The third kappa shape index (κ3) is 3.63. The summed E-state index contributed by atoms with van der Waals surface area (Å²) in [6, 6.07) is 0. The van der Waals surface area contributed by atoms with Crippen LogP contribution in [0.3, 0.4) is 0 Å². The van der Waals surface area contributed by atoms with Crippen molar-refractivity contribution in [3.63, 3.8) is 0 Å². The highest BCUT2D eigenvalue weighted by molar-refractivity contribution is 5.83. The summed E-state index contributed by atoms with van der Waals surface area (Å²) in [5.74, 6) is 0.206. The summed E-state index contributed by atoms with van der Waals surface area (Å²) in [5.41, 5.74) is 0.687. The van der Waals surface area contributed by atoms with Crippen LogP contribution in [0.25, 0.3) is 0 Å². The molecular weight excluding hydrogens is 268 g/mol. The molecule has 2 rings (SSSR count). The first-order valence-corrected chi connectivity index (χ1v) is 7.58. The van der Waals surface area contributed by atoms with E-state index in [4.69, 9.17) is 4.74 Å². The first-order valence-electron chi connectivity index (χ1n) is 7.58. The number of carbonyl (C=O) groups is 1. The number of nitrogens with zero attached hydrogens (tertiary/aromatic N) is 3. The normalized spacial score (nSPS) is 17.7. The highest BCUT2D eigenvalue weighted by Crippen LogP contribution is 2.32. The Morgan fingerprint density at radius 1 is 1.52 bits per heavy atom. The summed E-state index contributed by atoms with van der Waals surface area (Å²) in [4.78, 5) is 15.0. The number of hydrogen-bond donors (Lipinski definition) is 1. The highest BCUT2D eigenvalue weighted by Gasteiger charge is 2.41. The van der Waals surface area contributed by atoms with E-state index in [0.717, 1.165) is 31.5 Å². The number of aryl methyl sites for hydroxylation is 1. The molecule has 0 unspecified atom stereocenters. The van der Waals surface area contributed by atoms with Crippen molar-refractivity contribution < 1.29 is 9.53 Å². The molecule has 21 heavy (non-hydrogen) atoms. The number of carbonyl (C=O) groups excluding carboxylic acids is 1. The predicted molar refractivity (Wildman–Crippen MR) is 80.7 cm³/mol. The Labute approximate surface area is 126 Å². The molecule has 6 heteroatoms. The van der Waals surface area contributed by atoms with Crippen LogP contribution in [-0.4, -0.2) is 53.9 Å². The van der Waals surface area contributed by atoms with E-state index in [2.05, 4.69) is 10.4 Å². The SMILES string of the molecule is CCN(Cc1cnn(C)c1)C(=O)C1(COC)CCNCC1. The second-order valence-electron chi connectivity index (χ2n) is 5.80. The third-order valence-corrected chi connectivity index (χ3v) is 4.24. The zero-order chi connectivity index (χ0) is 15.3. The Balaban J connectivity index is 2.12. The Morgan fingerprint density at radius 2 is 2.24 bits per heavy atom. The zero-order valence-electron chi connectivity index (χ0n) is 13.3.